The summed E-state index contributed by atoms with van der Waals surface area (Å²) in [4.78, 5) is 12.3. The fourth-order valence-corrected chi connectivity index (χ4v) is 1.98. The van der Waals surface area contributed by atoms with Crippen LogP contribution in [-0.2, 0) is 4.79 Å². The standard InChI is InChI=1S/C17H16F3NO3/c1-2-14(23-12-8-4-3-5-9-12)16(22)21-13-10-6-7-11-15(13)24-17(18,19)20/h3-11,14H,2H2,1H3,(H,21,22)/t14-/m0/s1. The lowest BCUT2D eigenvalue weighted by Gasteiger charge is -2.19. The van der Waals surface area contributed by atoms with Crippen LogP contribution in [0.5, 0.6) is 11.5 Å². The number of anilines is 1. The van der Waals surface area contributed by atoms with Crippen molar-refractivity contribution in [2.45, 2.75) is 25.8 Å². The molecule has 1 atom stereocenters. The molecule has 0 unspecified atom stereocenters. The zero-order valence-corrected chi connectivity index (χ0v) is 12.8. The molecule has 0 spiro atoms. The van der Waals surface area contributed by atoms with Crippen LogP contribution in [-0.4, -0.2) is 18.4 Å². The molecule has 0 heterocycles. The Morgan fingerprint density at radius 3 is 2.33 bits per heavy atom. The molecule has 24 heavy (non-hydrogen) atoms. The fourth-order valence-electron chi connectivity index (χ4n) is 1.98. The number of ether oxygens (including phenoxy) is 2. The van der Waals surface area contributed by atoms with E-state index >= 15 is 0 Å². The lowest BCUT2D eigenvalue weighted by molar-refractivity contribution is -0.274. The van der Waals surface area contributed by atoms with Crippen molar-refractivity contribution in [3.63, 3.8) is 0 Å². The minimum atomic E-state index is -4.84. The molecule has 0 bridgehead atoms. The number of hydrogen-bond donors (Lipinski definition) is 1. The number of amides is 1. The average molecular weight is 339 g/mol. The van der Waals surface area contributed by atoms with Gasteiger partial charge in [0.25, 0.3) is 5.91 Å². The van der Waals surface area contributed by atoms with E-state index in [0.717, 1.165) is 6.07 Å². The van der Waals surface area contributed by atoms with Crippen molar-refractivity contribution in [1.29, 1.82) is 0 Å². The summed E-state index contributed by atoms with van der Waals surface area (Å²) in [5, 5.41) is 2.42. The number of nitrogens with one attached hydrogen (secondary N) is 1. The molecule has 128 valence electrons. The zero-order chi connectivity index (χ0) is 17.6. The van der Waals surface area contributed by atoms with Crippen LogP contribution >= 0.6 is 0 Å². The molecule has 0 saturated carbocycles. The number of carbonyl (C=O) groups is 1. The number of carbonyl (C=O) groups excluding carboxylic acids is 1. The van der Waals surface area contributed by atoms with Crippen LogP contribution in [0, 0.1) is 0 Å². The summed E-state index contributed by atoms with van der Waals surface area (Å²) in [5.74, 6) is -0.535. The van der Waals surface area contributed by atoms with Crippen LogP contribution in [0.15, 0.2) is 54.6 Å². The van der Waals surface area contributed by atoms with Crippen LogP contribution in [0.4, 0.5) is 18.9 Å². The molecule has 0 fully saturated rings. The molecule has 1 N–H and O–H groups in total. The number of rotatable bonds is 6. The van der Waals surface area contributed by atoms with Gasteiger partial charge in [0.05, 0.1) is 5.69 Å². The van der Waals surface area contributed by atoms with Gasteiger partial charge in [0.15, 0.2) is 11.9 Å². The van der Waals surface area contributed by atoms with Crippen LogP contribution in [0.1, 0.15) is 13.3 Å². The van der Waals surface area contributed by atoms with Gasteiger partial charge in [-0.3, -0.25) is 4.79 Å². The van der Waals surface area contributed by atoms with Gasteiger partial charge in [0, 0.05) is 0 Å². The van der Waals surface area contributed by atoms with Gasteiger partial charge in [0.2, 0.25) is 0 Å². The Balaban J connectivity index is 2.10. The third-order valence-electron chi connectivity index (χ3n) is 3.06. The van der Waals surface area contributed by atoms with Crippen LogP contribution in [0.3, 0.4) is 0 Å². The summed E-state index contributed by atoms with van der Waals surface area (Å²) in [6, 6.07) is 14.0. The van der Waals surface area contributed by atoms with Crippen molar-refractivity contribution in [1.82, 2.24) is 0 Å². The lowest BCUT2D eigenvalue weighted by atomic mass is 10.2. The molecule has 2 rings (SSSR count). The van der Waals surface area contributed by atoms with E-state index in [0.29, 0.717) is 12.2 Å². The van der Waals surface area contributed by atoms with Gasteiger partial charge in [-0.25, -0.2) is 0 Å². The molecular formula is C17H16F3NO3. The molecule has 0 aliphatic heterocycles. The van der Waals surface area contributed by atoms with Crippen LogP contribution in [0.2, 0.25) is 0 Å². The van der Waals surface area contributed by atoms with Gasteiger partial charge in [-0.15, -0.1) is 13.2 Å². The highest BCUT2D eigenvalue weighted by Crippen LogP contribution is 2.30. The first-order chi connectivity index (χ1) is 11.4. The highest BCUT2D eigenvalue weighted by atomic mass is 19.4. The number of benzene rings is 2. The van der Waals surface area contributed by atoms with Crippen molar-refractivity contribution in [2.24, 2.45) is 0 Å². The first-order valence-corrected chi connectivity index (χ1v) is 7.26. The Kier molecular flexibility index (Phi) is 5.68. The van der Waals surface area contributed by atoms with E-state index in [1.165, 1.54) is 18.2 Å². The molecule has 0 radical (unpaired) electrons. The smallest absolute Gasteiger partial charge is 0.481 e. The van der Waals surface area contributed by atoms with Crippen molar-refractivity contribution in [2.75, 3.05) is 5.32 Å². The average Bonchev–Trinajstić information content (AvgIpc) is 2.54. The van der Waals surface area contributed by atoms with Gasteiger partial charge in [-0.2, -0.15) is 0 Å². The molecular weight excluding hydrogens is 323 g/mol. The van der Waals surface area contributed by atoms with E-state index in [2.05, 4.69) is 10.1 Å². The second-order valence-electron chi connectivity index (χ2n) is 4.86. The Bertz CT molecular complexity index is 674. The predicted molar refractivity (Wildman–Crippen MR) is 82.9 cm³/mol. The zero-order valence-electron chi connectivity index (χ0n) is 12.8. The molecule has 1 amide bonds. The highest BCUT2D eigenvalue weighted by molar-refractivity contribution is 5.95. The second kappa shape index (κ2) is 7.72. The molecule has 2 aromatic rings. The summed E-state index contributed by atoms with van der Waals surface area (Å²) in [6.07, 6.45) is -5.33. The van der Waals surface area contributed by atoms with E-state index in [9.17, 15) is 18.0 Å². The molecule has 7 heteroatoms. The highest BCUT2D eigenvalue weighted by Gasteiger charge is 2.32. The van der Waals surface area contributed by atoms with Gasteiger partial charge >= 0.3 is 6.36 Å². The second-order valence-corrected chi connectivity index (χ2v) is 4.86. The van der Waals surface area contributed by atoms with E-state index in [1.54, 1.807) is 37.3 Å². The SMILES string of the molecule is CC[C@H](Oc1ccccc1)C(=O)Nc1ccccc1OC(F)(F)F. The van der Waals surface area contributed by atoms with E-state index in [4.69, 9.17) is 4.74 Å². The fraction of sp³-hybridized carbons (Fsp3) is 0.235. The van der Waals surface area contributed by atoms with Crippen molar-refractivity contribution in [3.05, 3.63) is 54.6 Å². The van der Waals surface area contributed by atoms with Crippen LogP contribution in [0.25, 0.3) is 0 Å². The summed E-state index contributed by atoms with van der Waals surface area (Å²) in [7, 11) is 0. The number of para-hydroxylation sites is 3. The Hall–Kier alpha value is -2.70. The molecule has 2 aromatic carbocycles. The topological polar surface area (TPSA) is 47.6 Å². The van der Waals surface area contributed by atoms with Crippen molar-refractivity contribution in [3.8, 4) is 11.5 Å². The molecule has 0 aliphatic carbocycles. The summed E-state index contributed by atoms with van der Waals surface area (Å²) in [5.41, 5.74) is -0.0741. The maximum absolute atomic E-state index is 12.4. The van der Waals surface area contributed by atoms with Gasteiger partial charge in [-0.05, 0) is 30.7 Å². The first-order valence-electron chi connectivity index (χ1n) is 7.26. The minimum Gasteiger partial charge on any atom is -0.481 e. The molecule has 0 saturated heterocycles. The van der Waals surface area contributed by atoms with E-state index in [1.807, 2.05) is 0 Å². The third kappa shape index (κ3) is 5.19. The van der Waals surface area contributed by atoms with E-state index < -0.39 is 24.1 Å². The number of halogens is 3. The number of alkyl halides is 3. The minimum absolute atomic E-state index is 0.0741. The largest absolute Gasteiger partial charge is 0.573 e. The Morgan fingerprint density at radius 2 is 1.71 bits per heavy atom. The van der Waals surface area contributed by atoms with Crippen LogP contribution < -0.4 is 14.8 Å². The summed E-state index contributed by atoms with van der Waals surface area (Å²) >= 11 is 0. The molecule has 4 nitrogen and oxygen atoms in total. The maximum atomic E-state index is 12.4. The maximum Gasteiger partial charge on any atom is 0.573 e. The normalized spacial score (nSPS) is 12.3. The quantitative estimate of drug-likeness (QED) is 0.849. The first kappa shape index (κ1) is 17.7. The van der Waals surface area contributed by atoms with Gasteiger partial charge < -0.3 is 14.8 Å². The monoisotopic (exact) mass is 339 g/mol. The van der Waals surface area contributed by atoms with E-state index in [-0.39, 0.29) is 5.69 Å². The third-order valence-corrected chi connectivity index (χ3v) is 3.06. The summed E-state index contributed by atoms with van der Waals surface area (Å²) in [6.45, 7) is 1.74. The predicted octanol–water partition coefficient (Wildman–Crippen LogP) is 4.38. The van der Waals surface area contributed by atoms with Crippen molar-refractivity contribution >= 4 is 11.6 Å². The molecule has 0 aromatic heterocycles. The molecule has 0 aliphatic rings. The number of hydrogen-bond acceptors (Lipinski definition) is 3. The lowest BCUT2D eigenvalue weighted by Crippen LogP contribution is -2.32. The Labute approximate surface area is 137 Å². The summed E-state index contributed by atoms with van der Waals surface area (Å²) < 4.78 is 46.7. The van der Waals surface area contributed by atoms with Gasteiger partial charge in [0.1, 0.15) is 5.75 Å². The van der Waals surface area contributed by atoms with Crippen molar-refractivity contribution < 1.29 is 27.4 Å². The Morgan fingerprint density at radius 1 is 1.08 bits per heavy atom. The van der Waals surface area contributed by atoms with Gasteiger partial charge in [-0.1, -0.05) is 37.3 Å².